The van der Waals surface area contributed by atoms with Gasteiger partial charge in [-0.3, -0.25) is 4.90 Å². The lowest BCUT2D eigenvalue weighted by Crippen LogP contribution is -2.45. The maximum absolute atomic E-state index is 13.1. The summed E-state index contributed by atoms with van der Waals surface area (Å²) < 4.78 is 39.2. The highest BCUT2D eigenvalue weighted by Crippen LogP contribution is 2.37. The van der Waals surface area contributed by atoms with Crippen molar-refractivity contribution in [3.05, 3.63) is 57.3 Å². The predicted octanol–water partition coefficient (Wildman–Crippen LogP) is 4.07. The minimum Gasteiger partial charge on any atom is -0.314 e. The van der Waals surface area contributed by atoms with E-state index in [1.807, 2.05) is 18.4 Å². The third-order valence-corrected chi connectivity index (χ3v) is 5.27. The van der Waals surface area contributed by atoms with Gasteiger partial charge in [-0.25, -0.2) is 0 Å². The molecule has 0 aliphatic carbocycles. The second-order valence-corrected chi connectivity index (χ2v) is 6.73. The van der Waals surface area contributed by atoms with Gasteiger partial charge < -0.3 is 5.32 Å². The van der Waals surface area contributed by atoms with Crippen molar-refractivity contribution in [2.24, 2.45) is 0 Å². The van der Waals surface area contributed by atoms with Gasteiger partial charge in [0.15, 0.2) is 0 Å². The molecular weight excluding hydrogens is 321 g/mol. The Balaban J connectivity index is 2.03. The van der Waals surface area contributed by atoms with Crippen LogP contribution in [0.15, 0.2) is 35.7 Å². The third kappa shape index (κ3) is 3.59. The maximum atomic E-state index is 13.1. The van der Waals surface area contributed by atoms with E-state index in [0.717, 1.165) is 42.7 Å². The summed E-state index contributed by atoms with van der Waals surface area (Å²) in [5.41, 5.74) is 1.27. The number of alkyl halides is 3. The Hall–Kier alpha value is -1.37. The Labute approximate surface area is 137 Å². The second-order valence-electron chi connectivity index (χ2n) is 5.78. The molecule has 0 spiro atoms. The summed E-state index contributed by atoms with van der Waals surface area (Å²) in [6.45, 7) is 5.41. The zero-order valence-corrected chi connectivity index (χ0v) is 13.7. The molecule has 1 saturated heterocycles. The van der Waals surface area contributed by atoms with Gasteiger partial charge in [-0.15, -0.1) is 11.3 Å². The van der Waals surface area contributed by atoms with Crippen LogP contribution in [0, 0.1) is 6.92 Å². The molecule has 2 nitrogen and oxygen atoms in total. The highest BCUT2D eigenvalue weighted by atomic mass is 32.1. The molecule has 0 amide bonds. The van der Waals surface area contributed by atoms with Crippen molar-refractivity contribution in [3.8, 4) is 0 Å². The van der Waals surface area contributed by atoms with E-state index in [-0.39, 0.29) is 6.04 Å². The summed E-state index contributed by atoms with van der Waals surface area (Å²) in [6.07, 6.45) is -4.31. The van der Waals surface area contributed by atoms with Gasteiger partial charge in [-0.2, -0.15) is 13.2 Å². The molecule has 1 N–H and O–H groups in total. The Morgan fingerprint density at radius 3 is 2.52 bits per heavy atom. The molecule has 2 heterocycles. The topological polar surface area (TPSA) is 15.3 Å². The number of piperazine rings is 1. The summed E-state index contributed by atoms with van der Waals surface area (Å²) in [6, 6.07) is 7.67. The highest BCUT2D eigenvalue weighted by Gasteiger charge is 2.32. The number of nitrogens with zero attached hydrogens (tertiary/aromatic N) is 1. The zero-order chi connectivity index (χ0) is 16.4. The van der Waals surface area contributed by atoms with Crippen LogP contribution in [0.4, 0.5) is 13.2 Å². The van der Waals surface area contributed by atoms with Gasteiger partial charge in [0.25, 0.3) is 0 Å². The Bertz CT molecular complexity index is 660. The molecule has 1 aliphatic heterocycles. The first-order chi connectivity index (χ1) is 11.0. The average molecular weight is 340 g/mol. The number of benzene rings is 1. The normalized spacial score (nSPS) is 18.1. The molecule has 1 aromatic heterocycles. The number of aryl methyl sites for hydroxylation is 1. The van der Waals surface area contributed by atoms with Crippen molar-refractivity contribution in [1.82, 2.24) is 10.2 Å². The van der Waals surface area contributed by atoms with E-state index in [1.54, 1.807) is 17.4 Å². The van der Waals surface area contributed by atoms with Gasteiger partial charge in [0, 0.05) is 31.1 Å². The fraction of sp³-hybridized carbons (Fsp3) is 0.412. The monoisotopic (exact) mass is 340 g/mol. The number of hydrogen-bond acceptors (Lipinski definition) is 3. The van der Waals surface area contributed by atoms with Gasteiger partial charge in [-0.1, -0.05) is 12.1 Å². The fourth-order valence-corrected chi connectivity index (χ4v) is 4.10. The molecular formula is C17H19F3N2S. The van der Waals surface area contributed by atoms with Gasteiger partial charge in [0.1, 0.15) is 0 Å². The van der Waals surface area contributed by atoms with Gasteiger partial charge in [0.05, 0.1) is 11.6 Å². The fourth-order valence-electron chi connectivity index (χ4n) is 3.02. The Morgan fingerprint density at radius 1 is 1.17 bits per heavy atom. The van der Waals surface area contributed by atoms with Crippen LogP contribution < -0.4 is 5.32 Å². The molecule has 1 atom stereocenters. The lowest BCUT2D eigenvalue weighted by atomic mass is 9.98. The van der Waals surface area contributed by atoms with Crippen LogP contribution in [0.25, 0.3) is 0 Å². The second kappa shape index (κ2) is 6.63. The van der Waals surface area contributed by atoms with Gasteiger partial charge >= 0.3 is 6.18 Å². The molecule has 1 aromatic carbocycles. The molecule has 1 aliphatic rings. The van der Waals surface area contributed by atoms with Crippen LogP contribution in [0.1, 0.15) is 27.6 Å². The molecule has 0 radical (unpaired) electrons. The quantitative estimate of drug-likeness (QED) is 0.906. The number of hydrogen-bond donors (Lipinski definition) is 1. The van der Waals surface area contributed by atoms with Gasteiger partial charge in [-0.05, 0) is 41.6 Å². The molecule has 2 aromatic rings. The summed E-state index contributed by atoms with van der Waals surface area (Å²) in [7, 11) is 0. The highest BCUT2D eigenvalue weighted by molar-refractivity contribution is 7.10. The molecule has 0 saturated carbocycles. The van der Waals surface area contributed by atoms with Crippen LogP contribution in [-0.4, -0.2) is 31.1 Å². The molecule has 6 heteroatoms. The number of rotatable bonds is 3. The van der Waals surface area contributed by atoms with E-state index in [9.17, 15) is 13.2 Å². The molecule has 3 rings (SSSR count). The zero-order valence-electron chi connectivity index (χ0n) is 12.9. The molecule has 1 fully saturated rings. The van der Waals surface area contributed by atoms with E-state index in [0.29, 0.717) is 5.56 Å². The summed E-state index contributed by atoms with van der Waals surface area (Å²) in [5, 5.41) is 5.31. The first kappa shape index (κ1) is 16.5. The minimum absolute atomic E-state index is 0.112. The van der Waals surface area contributed by atoms with Gasteiger partial charge in [0.2, 0.25) is 0 Å². The van der Waals surface area contributed by atoms with Crippen molar-refractivity contribution >= 4 is 11.3 Å². The van der Waals surface area contributed by atoms with Crippen molar-refractivity contribution in [2.45, 2.75) is 19.1 Å². The van der Waals surface area contributed by atoms with Crippen LogP contribution in [0.3, 0.4) is 0 Å². The standard InChI is InChI=1S/C17H19F3N2S/c1-12-5-10-23-16(12)15(22-8-6-21-7-9-22)13-3-2-4-14(11-13)17(18,19)20/h2-5,10-11,15,21H,6-9H2,1H3. The lowest BCUT2D eigenvalue weighted by Gasteiger charge is -2.35. The largest absolute Gasteiger partial charge is 0.416 e. The first-order valence-corrected chi connectivity index (χ1v) is 8.50. The van der Waals surface area contributed by atoms with Crippen molar-refractivity contribution in [2.75, 3.05) is 26.2 Å². The van der Waals surface area contributed by atoms with Crippen LogP contribution in [0.5, 0.6) is 0 Å². The van der Waals surface area contributed by atoms with E-state index in [2.05, 4.69) is 10.2 Å². The lowest BCUT2D eigenvalue weighted by molar-refractivity contribution is -0.137. The molecule has 0 bridgehead atoms. The maximum Gasteiger partial charge on any atom is 0.416 e. The smallest absolute Gasteiger partial charge is 0.314 e. The molecule has 1 unspecified atom stereocenters. The van der Waals surface area contributed by atoms with E-state index in [1.165, 1.54) is 12.1 Å². The molecule has 23 heavy (non-hydrogen) atoms. The summed E-state index contributed by atoms with van der Waals surface area (Å²) in [5.74, 6) is 0. The molecule has 124 valence electrons. The third-order valence-electron chi connectivity index (χ3n) is 4.20. The number of thiophene rings is 1. The van der Waals surface area contributed by atoms with Crippen molar-refractivity contribution in [3.63, 3.8) is 0 Å². The van der Waals surface area contributed by atoms with E-state index < -0.39 is 11.7 Å². The summed E-state index contributed by atoms with van der Waals surface area (Å²) >= 11 is 1.62. The Morgan fingerprint density at radius 2 is 1.91 bits per heavy atom. The van der Waals surface area contributed by atoms with Crippen molar-refractivity contribution < 1.29 is 13.2 Å². The predicted molar refractivity (Wildman–Crippen MR) is 86.8 cm³/mol. The average Bonchev–Trinajstić information content (AvgIpc) is 2.94. The Kier molecular flexibility index (Phi) is 4.75. The number of nitrogens with one attached hydrogen (secondary N) is 1. The van der Waals surface area contributed by atoms with Crippen LogP contribution in [0.2, 0.25) is 0 Å². The SMILES string of the molecule is Cc1ccsc1C(c1cccc(C(F)(F)F)c1)N1CCNCC1. The van der Waals surface area contributed by atoms with Crippen molar-refractivity contribution in [1.29, 1.82) is 0 Å². The minimum atomic E-state index is -4.31. The first-order valence-electron chi connectivity index (χ1n) is 7.63. The summed E-state index contributed by atoms with van der Waals surface area (Å²) in [4.78, 5) is 3.40. The van der Waals surface area contributed by atoms with Crippen LogP contribution >= 0.6 is 11.3 Å². The van der Waals surface area contributed by atoms with E-state index >= 15 is 0 Å². The van der Waals surface area contributed by atoms with Crippen LogP contribution in [-0.2, 0) is 6.18 Å². The van der Waals surface area contributed by atoms with E-state index in [4.69, 9.17) is 0 Å². The number of halogens is 3.